The lowest BCUT2D eigenvalue weighted by Gasteiger charge is -2.08. The van der Waals surface area contributed by atoms with Gasteiger partial charge in [-0.05, 0) is 48.7 Å². The van der Waals surface area contributed by atoms with Crippen molar-refractivity contribution >= 4 is 27.4 Å². The first kappa shape index (κ1) is 20.6. The Balaban J connectivity index is 2.00. The molecule has 0 unspecified atom stereocenters. The summed E-state index contributed by atoms with van der Waals surface area (Å²) < 4.78 is 29.6. The van der Waals surface area contributed by atoms with Crippen LogP contribution in [0.15, 0.2) is 48.5 Å². The minimum Gasteiger partial charge on any atom is -0.462 e. The molecule has 0 saturated heterocycles. The lowest BCUT2D eigenvalue weighted by molar-refractivity contribution is -0.113. The van der Waals surface area contributed by atoms with E-state index in [1.54, 1.807) is 37.3 Å². The van der Waals surface area contributed by atoms with Gasteiger partial charge in [0.15, 0.2) is 9.84 Å². The Morgan fingerprint density at radius 3 is 2.33 bits per heavy atom. The van der Waals surface area contributed by atoms with Crippen LogP contribution in [-0.4, -0.2) is 32.7 Å². The molecule has 6 nitrogen and oxygen atoms in total. The highest BCUT2D eigenvalue weighted by molar-refractivity contribution is 7.91. The molecule has 1 amide bonds. The van der Waals surface area contributed by atoms with E-state index in [1.807, 2.05) is 19.1 Å². The number of sulfone groups is 1. The number of nitrogens with one attached hydrogen (secondary N) is 1. The number of benzene rings is 2. The van der Waals surface area contributed by atoms with Crippen LogP contribution in [0.5, 0.6) is 0 Å². The van der Waals surface area contributed by atoms with Gasteiger partial charge in [0.25, 0.3) is 0 Å². The second kappa shape index (κ2) is 9.32. The van der Waals surface area contributed by atoms with Crippen molar-refractivity contribution in [1.29, 1.82) is 0 Å². The first-order valence-electron chi connectivity index (χ1n) is 8.68. The number of amides is 1. The van der Waals surface area contributed by atoms with E-state index in [4.69, 9.17) is 4.74 Å². The van der Waals surface area contributed by atoms with Crippen molar-refractivity contribution in [3.63, 3.8) is 0 Å². The predicted octanol–water partition coefficient (Wildman–Crippen LogP) is 2.98. The molecule has 2 aromatic rings. The summed E-state index contributed by atoms with van der Waals surface area (Å²) in [6.45, 7) is 3.96. The van der Waals surface area contributed by atoms with Crippen molar-refractivity contribution in [3.8, 4) is 0 Å². The van der Waals surface area contributed by atoms with Gasteiger partial charge in [-0.1, -0.05) is 31.2 Å². The van der Waals surface area contributed by atoms with E-state index in [0.717, 1.165) is 12.0 Å². The maximum atomic E-state index is 12.3. The Kier molecular flexibility index (Phi) is 7.12. The minimum atomic E-state index is -3.69. The van der Waals surface area contributed by atoms with Crippen molar-refractivity contribution in [2.45, 2.75) is 26.0 Å². The van der Waals surface area contributed by atoms with Crippen LogP contribution in [0.3, 0.4) is 0 Å². The quantitative estimate of drug-likeness (QED) is 0.701. The maximum Gasteiger partial charge on any atom is 0.338 e. The average Bonchev–Trinajstić information content (AvgIpc) is 2.61. The molecule has 27 heavy (non-hydrogen) atoms. The van der Waals surface area contributed by atoms with Gasteiger partial charge in [0.1, 0.15) is 5.75 Å². The maximum absolute atomic E-state index is 12.3. The molecular formula is C20H23NO5S. The van der Waals surface area contributed by atoms with Gasteiger partial charge in [0, 0.05) is 5.69 Å². The molecule has 0 bridgehead atoms. The van der Waals surface area contributed by atoms with Crippen molar-refractivity contribution in [3.05, 3.63) is 65.2 Å². The molecule has 0 aliphatic heterocycles. The zero-order chi connectivity index (χ0) is 19.9. The zero-order valence-corrected chi connectivity index (χ0v) is 16.2. The number of aryl methyl sites for hydroxylation is 1. The third-order valence-corrected chi connectivity index (χ3v) is 5.30. The summed E-state index contributed by atoms with van der Waals surface area (Å²) in [5, 5.41) is 2.59. The van der Waals surface area contributed by atoms with E-state index < -0.39 is 27.5 Å². The second-order valence-corrected chi connectivity index (χ2v) is 8.12. The monoisotopic (exact) mass is 389 g/mol. The highest BCUT2D eigenvalue weighted by Crippen LogP contribution is 2.13. The Labute approximate surface area is 159 Å². The number of hydrogen-bond donors (Lipinski definition) is 1. The Morgan fingerprint density at radius 2 is 1.70 bits per heavy atom. The van der Waals surface area contributed by atoms with Crippen molar-refractivity contribution in [1.82, 2.24) is 0 Å². The molecule has 0 aromatic heterocycles. The van der Waals surface area contributed by atoms with Crippen LogP contribution in [-0.2, 0) is 31.5 Å². The predicted molar refractivity (Wildman–Crippen MR) is 104 cm³/mol. The van der Waals surface area contributed by atoms with Crippen molar-refractivity contribution < 1.29 is 22.7 Å². The third-order valence-electron chi connectivity index (χ3n) is 3.82. The van der Waals surface area contributed by atoms with Gasteiger partial charge < -0.3 is 10.1 Å². The largest absolute Gasteiger partial charge is 0.462 e. The summed E-state index contributed by atoms with van der Waals surface area (Å²) in [5.41, 5.74) is 2.39. The van der Waals surface area contributed by atoms with Crippen LogP contribution in [0.25, 0.3) is 0 Å². The highest BCUT2D eigenvalue weighted by Gasteiger charge is 2.18. The molecule has 0 spiro atoms. The summed E-state index contributed by atoms with van der Waals surface area (Å²) in [4.78, 5) is 23.8. The van der Waals surface area contributed by atoms with E-state index >= 15 is 0 Å². The van der Waals surface area contributed by atoms with E-state index in [1.165, 1.54) is 6.07 Å². The topological polar surface area (TPSA) is 89.5 Å². The summed E-state index contributed by atoms with van der Waals surface area (Å²) in [7, 11) is -3.69. The van der Waals surface area contributed by atoms with E-state index in [2.05, 4.69) is 5.32 Å². The number of ether oxygens (including phenoxy) is 1. The van der Waals surface area contributed by atoms with E-state index in [0.29, 0.717) is 11.3 Å². The number of rotatable bonds is 8. The van der Waals surface area contributed by atoms with Gasteiger partial charge >= 0.3 is 5.97 Å². The van der Waals surface area contributed by atoms with Gasteiger partial charge in [-0.25, -0.2) is 13.2 Å². The molecule has 0 radical (unpaired) electrons. The van der Waals surface area contributed by atoms with Gasteiger partial charge in [-0.15, -0.1) is 0 Å². The molecule has 7 heteroatoms. The lowest BCUT2D eigenvalue weighted by Crippen LogP contribution is -2.24. The van der Waals surface area contributed by atoms with Crippen LogP contribution >= 0.6 is 0 Å². The van der Waals surface area contributed by atoms with Crippen LogP contribution in [0.4, 0.5) is 5.69 Å². The molecule has 0 saturated carbocycles. The molecular weight excluding hydrogens is 366 g/mol. The van der Waals surface area contributed by atoms with Crippen LogP contribution in [0.2, 0.25) is 0 Å². The summed E-state index contributed by atoms with van der Waals surface area (Å²) in [6.07, 6.45) is 0.882. The third kappa shape index (κ3) is 6.53. The van der Waals surface area contributed by atoms with Gasteiger partial charge in [-0.3, -0.25) is 4.79 Å². The normalized spacial score (nSPS) is 11.0. The number of carbonyl (C=O) groups excluding carboxylic acids is 2. The first-order valence-corrected chi connectivity index (χ1v) is 10.5. The standard InChI is InChI=1S/C20H23NO5S/c1-3-15-8-10-18(11-9-15)21-19(22)14-27(24,25)13-16-6-5-7-17(12-16)20(23)26-4-2/h5-12H,3-4,13-14H2,1-2H3,(H,21,22). The Morgan fingerprint density at radius 1 is 1.00 bits per heavy atom. The Hall–Kier alpha value is -2.67. The van der Waals surface area contributed by atoms with Gasteiger partial charge in [-0.2, -0.15) is 0 Å². The molecule has 0 heterocycles. The number of carbonyl (C=O) groups is 2. The van der Waals surface area contributed by atoms with E-state index in [-0.39, 0.29) is 17.9 Å². The average molecular weight is 389 g/mol. The summed E-state index contributed by atoms with van der Waals surface area (Å²) >= 11 is 0. The van der Waals surface area contributed by atoms with Crippen LogP contribution < -0.4 is 5.32 Å². The first-order chi connectivity index (χ1) is 12.8. The number of anilines is 1. The lowest BCUT2D eigenvalue weighted by atomic mass is 10.1. The highest BCUT2D eigenvalue weighted by atomic mass is 32.2. The summed E-state index contributed by atoms with van der Waals surface area (Å²) in [6, 6.07) is 13.5. The number of hydrogen-bond acceptors (Lipinski definition) is 5. The van der Waals surface area contributed by atoms with E-state index in [9.17, 15) is 18.0 Å². The molecule has 2 aromatic carbocycles. The van der Waals surface area contributed by atoms with Gasteiger partial charge in [0.05, 0.1) is 17.9 Å². The second-order valence-electron chi connectivity index (χ2n) is 6.05. The summed E-state index contributed by atoms with van der Waals surface area (Å²) in [5.74, 6) is -2.07. The molecule has 0 aliphatic rings. The SMILES string of the molecule is CCOC(=O)c1cccc(CS(=O)(=O)CC(=O)Nc2ccc(CC)cc2)c1. The smallest absolute Gasteiger partial charge is 0.338 e. The molecule has 144 valence electrons. The van der Waals surface area contributed by atoms with Gasteiger partial charge in [0.2, 0.25) is 5.91 Å². The zero-order valence-electron chi connectivity index (χ0n) is 15.4. The molecule has 0 atom stereocenters. The fourth-order valence-electron chi connectivity index (χ4n) is 2.53. The molecule has 0 fully saturated rings. The number of esters is 1. The Bertz CT molecular complexity index is 904. The van der Waals surface area contributed by atoms with Crippen LogP contribution in [0, 0.1) is 0 Å². The minimum absolute atomic E-state index is 0.237. The van der Waals surface area contributed by atoms with Crippen molar-refractivity contribution in [2.24, 2.45) is 0 Å². The fraction of sp³-hybridized carbons (Fsp3) is 0.300. The molecule has 0 aliphatic carbocycles. The fourth-order valence-corrected chi connectivity index (χ4v) is 3.79. The van der Waals surface area contributed by atoms with Crippen molar-refractivity contribution in [2.75, 3.05) is 17.7 Å². The van der Waals surface area contributed by atoms with Crippen LogP contribution in [0.1, 0.15) is 35.3 Å². The molecule has 1 N–H and O–H groups in total. The molecule has 2 rings (SSSR count).